The molecule has 1 saturated carbocycles. The molecule has 1 aliphatic rings. The Kier molecular flexibility index (Phi) is 6.46. The highest BCUT2D eigenvalue weighted by Gasteiger charge is 2.51. The zero-order chi connectivity index (χ0) is 21.0. The molecule has 10 heteroatoms. The standard InChI is InChI=1S/C19H20BrFN6O2/c1-27(29-2)18(28)19(8-15(21)16(9-19)25-26-22)7-12-4-3-5-13(6-12)17-23-10-14(20)11-24-17/h3-6,10-11,15-16H,7-9H2,1-2H3/t15-,16+,19-/m0/s1. The summed E-state index contributed by atoms with van der Waals surface area (Å²) in [4.78, 5) is 29.4. The average molecular weight is 463 g/mol. The highest BCUT2D eigenvalue weighted by atomic mass is 79.9. The summed E-state index contributed by atoms with van der Waals surface area (Å²) >= 11 is 3.31. The summed E-state index contributed by atoms with van der Waals surface area (Å²) in [7, 11) is 2.87. The molecule has 29 heavy (non-hydrogen) atoms. The van der Waals surface area contributed by atoms with Crippen LogP contribution in [-0.4, -0.2) is 47.3 Å². The third kappa shape index (κ3) is 4.55. The lowest BCUT2D eigenvalue weighted by Gasteiger charge is -2.31. The Bertz CT molecular complexity index is 937. The van der Waals surface area contributed by atoms with Crippen LogP contribution in [0.3, 0.4) is 0 Å². The molecule has 1 aromatic carbocycles. The maximum absolute atomic E-state index is 14.6. The van der Waals surface area contributed by atoms with E-state index in [2.05, 4.69) is 35.9 Å². The smallest absolute Gasteiger partial charge is 0.252 e. The molecule has 0 aliphatic heterocycles. The fraction of sp³-hybridized carbons (Fsp3) is 0.421. The molecular weight excluding hydrogens is 443 g/mol. The number of carbonyl (C=O) groups is 1. The number of hydroxylamine groups is 2. The lowest BCUT2D eigenvalue weighted by atomic mass is 9.78. The molecule has 0 unspecified atom stereocenters. The molecule has 0 N–H and O–H groups in total. The topological polar surface area (TPSA) is 104 Å². The first-order valence-corrected chi connectivity index (χ1v) is 9.75. The summed E-state index contributed by atoms with van der Waals surface area (Å²) in [6.07, 6.45) is 2.28. The van der Waals surface area contributed by atoms with E-state index in [1.54, 1.807) is 12.4 Å². The van der Waals surface area contributed by atoms with E-state index in [-0.39, 0.29) is 25.2 Å². The molecule has 152 valence electrons. The highest BCUT2D eigenvalue weighted by Crippen LogP contribution is 2.45. The Balaban J connectivity index is 1.94. The minimum atomic E-state index is -1.39. The molecule has 3 rings (SSSR count). The predicted molar refractivity (Wildman–Crippen MR) is 108 cm³/mol. The monoisotopic (exact) mass is 462 g/mol. The summed E-state index contributed by atoms with van der Waals surface area (Å²) in [6.45, 7) is 0. The van der Waals surface area contributed by atoms with Crippen molar-refractivity contribution < 1.29 is 14.0 Å². The number of halogens is 2. The van der Waals surface area contributed by atoms with E-state index in [0.29, 0.717) is 5.82 Å². The van der Waals surface area contributed by atoms with Crippen LogP contribution in [0.1, 0.15) is 18.4 Å². The van der Waals surface area contributed by atoms with E-state index in [1.165, 1.54) is 14.2 Å². The van der Waals surface area contributed by atoms with Gasteiger partial charge in [-0.1, -0.05) is 23.3 Å². The molecule has 0 radical (unpaired) electrons. The van der Waals surface area contributed by atoms with Crippen LogP contribution < -0.4 is 0 Å². The first-order chi connectivity index (χ1) is 13.9. The van der Waals surface area contributed by atoms with Gasteiger partial charge in [0.2, 0.25) is 0 Å². The third-order valence-corrected chi connectivity index (χ3v) is 5.57. The van der Waals surface area contributed by atoms with Crippen molar-refractivity contribution in [2.75, 3.05) is 14.2 Å². The van der Waals surface area contributed by atoms with Crippen LogP contribution >= 0.6 is 15.9 Å². The van der Waals surface area contributed by atoms with Crippen molar-refractivity contribution in [3.05, 3.63) is 57.1 Å². The molecule has 2 aromatic rings. The highest BCUT2D eigenvalue weighted by molar-refractivity contribution is 9.10. The summed E-state index contributed by atoms with van der Waals surface area (Å²) in [6, 6.07) is 6.60. The van der Waals surface area contributed by atoms with Gasteiger partial charge >= 0.3 is 0 Å². The van der Waals surface area contributed by atoms with Gasteiger partial charge in [0.1, 0.15) is 6.17 Å². The van der Waals surface area contributed by atoms with Gasteiger partial charge in [0.15, 0.2) is 5.82 Å². The fourth-order valence-corrected chi connectivity index (χ4v) is 3.99. The van der Waals surface area contributed by atoms with Gasteiger partial charge in [0.05, 0.1) is 23.0 Å². The molecule has 8 nitrogen and oxygen atoms in total. The molecule has 0 bridgehead atoms. The molecule has 1 fully saturated rings. The van der Waals surface area contributed by atoms with Crippen molar-refractivity contribution in [2.24, 2.45) is 10.5 Å². The largest absolute Gasteiger partial charge is 0.275 e. The maximum atomic E-state index is 14.6. The summed E-state index contributed by atoms with van der Waals surface area (Å²) in [5, 5.41) is 4.66. The Morgan fingerprint density at radius 3 is 2.83 bits per heavy atom. The Morgan fingerprint density at radius 1 is 1.45 bits per heavy atom. The number of hydrogen-bond acceptors (Lipinski definition) is 5. The minimum Gasteiger partial charge on any atom is -0.275 e. The van der Waals surface area contributed by atoms with Gasteiger partial charge in [-0.3, -0.25) is 9.63 Å². The number of azide groups is 1. The summed E-state index contributed by atoms with van der Waals surface area (Å²) in [5.74, 6) is 0.203. The number of carbonyl (C=O) groups excluding carboxylic acids is 1. The van der Waals surface area contributed by atoms with Crippen LogP contribution in [0.4, 0.5) is 4.39 Å². The molecule has 3 atom stereocenters. The van der Waals surface area contributed by atoms with Gasteiger partial charge in [-0.15, -0.1) is 0 Å². The van der Waals surface area contributed by atoms with Crippen LogP contribution in [-0.2, 0) is 16.1 Å². The van der Waals surface area contributed by atoms with Gasteiger partial charge in [0, 0.05) is 29.9 Å². The Labute approximate surface area is 175 Å². The van der Waals surface area contributed by atoms with Crippen LogP contribution in [0, 0.1) is 5.41 Å². The third-order valence-electron chi connectivity index (χ3n) is 5.16. The van der Waals surface area contributed by atoms with Crippen molar-refractivity contribution in [1.82, 2.24) is 15.0 Å². The summed E-state index contributed by atoms with van der Waals surface area (Å²) < 4.78 is 15.4. The molecule has 0 saturated heterocycles. The zero-order valence-corrected chi connectivity index (χ0v) is 17.6. The molecular formula is C19H20BrFN6O2. The predicted octanol–water partition coefficient (Wildman–Crippen LogP) is 4.27. The van der Waals surface area contributed by atoms with Gasteiger partial charge in [-0.2, -0.15) is 0 Å². The zero-order valence-electron chi connectivity index (χ0n) is 16.0. The van der Waals surface area contributed by atoms with Crippen LogP contribution in [0.2, 0.25) is 0 Å². The van der Waals surface area contributed by atoms with Gasteiger partial charge in [-0.05, 0) is 52.4 Å². The number of nitrogens with zero attached hydrogens (tertiary/aromatic N) is 6. The van der Waals surface area contributed by atoms with E-state index in [0.717, 1.165) is 20.7 Å². The lowest BCUT2D eigenvalue weighted by molar-refractivity contribution is -0.180. The molecule has 1 amide bonds. The number of alkyl halides is 1. The van der Waals surface area contributed by atoms with Crippen molar-refractivity contribution in [1.29, 1.82) is 0 Å². The van der Waals surface area contributed by atoms with Gasteiger partial charge in [-0.25, -0.2) is 19.4 Å². The van der Waals surface area contributed by atoms with Crippen molar-refractivity contribution in [3.63, 3.8) is 0 Å². The van der Waals surface area contributed by atoms with E-state index >= 15 is 0 Å². The molecule has 0 spiro atoms. The second kappa shape index (κ2) is 8.86. The van der Waals surface area contributed by atoms with Crippen LogP contribution in [0.5, 0.6) is 0 Å². The fourth-order valence-electron chi connectivity index (χ4n) is 3.78. The number of aromatic nitrogens is 2. The van der Waals surface area contributed by atoms with E-state index < -0.39 is 17.6 Å². The Morgan fingerprint density at radius 2 is 2.17 bits per heavy atom. The number of benzene rings is 1. The molecule has 1 heterocycles. The second-order valence-corrected chi connectivity index (χ2v) is 7.98. The first-order valence-electron chi connectivity index (χ1n) is 8.96. The number of amides is 1. The quantitative estimate of drug-likeness (QED) is 0.276. The van der Waals surface area contributed by atoms with Crippen molar-refractivity contribution >= 4 is 21.8 Å². The lowest BCUT2D eigenvalue weighted by Crippen LogP contribution is -2.42. The van der Waals surface area contributed by atoms with E-state index in [1.807, 2.05) is 24.3 Å². The van der Waals surface area contributed by atoms with E-state index in [4.69, 9.17) is 10.4 Å². The van der Waals surface area contributed by atoms with E-state index in [9.17, 15) is 9.18 Å². The van der Waals surface area contributed by atoms with Gasteiger partial charge in [0.25, 0.3) is 5.91 Å². The van der Waals surface area contributed by atoms with Crippen molar-refractivity contribution in [3.8, 4) is 11.4 Å². The van der Waals surface area contributed by atoms with Crippen LogP contribution in [0.25, 0.3) is 21.8 Å². The SMILES string of the molecule is CON(C)C(=O)[C@@]1(Cc2cccc(-c3ncc(Br)cn3)c2)C[C@H](F)[C@H](N=[N+]=[N-])C1. The normalized spacial score (nSPS) is 23.4. The van der Waals surface area contributed by atoms with Gasteiger partial charge < -0.3 is 0 Å². The maximum Gasteiger partial charge on any atom is 0.252 e. The first kappa shape index (κ1) is 21.2. The minimum absolute atomic E-state index is 0.0395. The number of hydrogen-bond donors (Lipinski definition) is 0. The molecule has 1 aromatic heterocycles. The number of rotatable bonds is 6. The van der Waals surface area contributed by atoms with Crippen molar-refractivity contribution in [2.45, 2.75) is 31.5 Å². The Hall–Kier alpha value is -2.55. The van der Waals surface area contributed by atoms with Crippen LogP contribution in [0.15, 0.2) is 46.2 Å². The molecule has 1 aliphatic carbocycles. The average Bonchev–Trinajstić information content (AvgIpc) is 3.03. The summed E-state index contributed by atoms with van der Waals surface area (Å²) in [5.41, 5.74) is 9.29. The second-order valence-electron chi connectivity index (χ2n) is 7.06.